The molecule has 0 N–H and O–H groups in total. The SMILES string of the molecule is O=C(CCCOc1ccc(C(=O)OCc2ccccc2)c(Cc2ccccc2)c1)c1ccccc1. The number of carbonyl (C=O) groups excluding carboxylic acids is 2. The van der Waals surface area contributed by atoms with Crippen LogP contribution in [0.4, 0.5) is 0 Å². The molecule has 0 heterocycles. The van der Waals surface area contributed by atoms with Gasteiger partial charge in [0.05, 0.1) is 12.2 Å². The minimum Gasteiger partial charge on any atom is -0.494 e. The normalized spacial score (nSPS) is 10.5. The van der Waals surface area contributed by atoms with Crippen LogP contribution < -0.4 is 4.74 Å². The fraction of sp³-hybridized carbons (Fsp3) is 0.161. The van der Waals surface area contributed by atoms with Crippen LogP contribution in [0, 0.1) is 0 Å². The highest BCUT2D eigenvalue weighted by molar-refractivity contribution is 5.96. The van der Waals surface area contributed by atoms with E-state index in [4.69, 9.17) is 9.47 Å². The van der Waals surface area contributed by atoms with Crippen molar-refractivity contribution in [2.45, 2.75) is 25.9 Å². The van der Waals surface area contributed by atoms with Crippen molar-refractivity contribution in [3.8, 4) is 5.75 Å². The Hall–Kier alpha value is -4.18. The highest BCUT2D eigenvalue weighted by Gasteiger charge is 2.15. The molecule has 4 rings (SSSR count). The summed E-state index contributed by atoms with van der Waals surface area (Å²) in [5.74, 6) is 0.415. The summed E-state index contributed by atoms with van der Waals surface area (Å²) in [5.41, 5.74) is 4.12. The molecule has 0 atom stereocenters. The van der Waals surface area contributed by atoms with E-state index in [1.54, 1.807) is 12.1 Å². The standard InChI is InChI=1S/C31H28O4/c32-30(26-15-8-3-9-16-26)17-10-20-34-28-18-19-29(27(22-28)21-24-11-4-1-5-12-24)31(33)35-23-25-13-6-2-7-14-25/h1-9,11-16,18-19,22H,10,17,20-21,23H2. The van der Waals surface area contributed by atoms with Gasteiger partial charge < -0.3 is 9.47 Å². The van der Waals surface area contributed by atoms with Gasteiger partial charge in [-0.3, -0.25) is 4.79 Å². The molecular weight excluding hydrogens is 436 g/mol. The lowest BCUT2D eigenvalue weighted by Gasteiger charge is -2.13. The minimum atomic E-state index is -0.361. The molecule has 4 nitrogen and oxygen atoms in total. The Bertz CT molecular complexity index is 1230. The number of benzene rings is 4. The molecule has 0 aliphatic rings. The third kappa shape index (κ3) is 7.15. The molecule has 0 radical (unpaired) electrons. The van der Waals surface area contributed by atoms with E-state index in [0.29, 0.717) is 37.2 Å². The number of esters is 1. The Morgan fingerprint density at radius 3 is 2.00 bits per heavy atom. The van der Waals surface area contributed by atoms with Gasteiger partial charge in [-0.2, -0.15) is 0 Å². The van der Waals surface area contributed by atoms with Gasteiger partial charge in [-0.05, 0) is 47.7 Å². The average Bonchev–Trinajstić information content (AvgIpc) is 2.91. The maximum Gasteiger partial charge on any atom is 0.338 e. The summed E-state index contributed by atoms with van der Waals surface area (Å²) < 4.78 is 11.5. The van der Waals surface area contributed by atoms with E-state index in [0.717, 1.165) is 22.3 Å². The minimum absolute atomic E-state index is 0.107. The summed E-state index contributed by atoms with van der Waals surface area (Å²) in [6, 6.07) is 34.3. The molecule has 4 aromatic rings. The first-order valence-corrected chi connectivity index (χ1v) is 11.8. The predicted octanol–water partition coefficient (Wildman–Crippen LogP) is 6.68. The maximum atomic E-state index is 12.9. The molecule has 0 aromatic heterocycles. The van der Waals surface area contributed by atoms with Crippen molar-refractivity contribution in [2.24, 2.45) is 0 Å². The summed E-state index contributed by atoms with van der Waals surface area (Å²) in [6.45, 7) is 0.638. The smallest absolute Gasteiger partial charge is 0.338 e. The summed E-state index contributed by atoms with van der Waals surface area (Å²) in [7, 11) is 0. The van der Waals surface area contributed by atoms with Gasteiger partial charge in [0.2, 0.25) is 0 Å². The van der Waals surface area contributed by atoms with Crippen LogP contribution in [0.1, 0.15) is 50.2 Å². The third-order valence-corrected chi connectivity index (χ3v) is 5.66. The number of rotatable bonds is 11. The summed E-state index contributed by atoms with van der Waals surface area (Å²) in [4.78, 5) is 25.2. The molecule has 0 aliphatic heterocycles. The van der Waals surface area contributed by atoms with Crippen LogP contribution in [-0.2, 0) is 17.8 Å². The molecule has 4 aromatic carbocycles. The van der Waals surface area contributed by atoms with E-state index < -0.39 is 0 Å². The Labute approximate surface area is 206 Å². The second-order valence-corrected chi connectivity index (χ2v) is 8.28. The topological polar surface area (TPSA) is 52.6 Å². The molecule has 0 aliphatic carbocycles. The molecule has 4 heteroatoms. The molecule has 0 amide bonds. The molecule has 176 valence electrons. The van der Waals surface area contributed by atoms with E-state index >= 15 is 0 Å². The predicted molar refractivity (Wildman–Crippen MR) is 137 cm³/mol. The average molecular weight is 465 g/mol. The maximum absolute atomic E-state index is 12.9. The zero-order valence-corrected chi connectivity index (χ0v) is 19.6. The number of hydrogen-bond acceptors (Lipinski definition) is 4. The number of ketones is 1. The van der Waals surface area contributed by atoms with Gasteiger partial charge in [-0.15, -0.1) is 0 Å². The molecule has 0 fully saturated rings. The van der Waals surface area contributed by atoms with Crippen molar-refractivity contribution < 1.29 is 19.1 Å². The lowest BCUT2D eigenvalue weighted by molar-refractivity contribution is 0.0471. The van der Waals surface area contributed by atoms with Crippen LogP contribution in [0.5, 0.6) is 5.75 Å². The third-order valence-electron chi connectivity index (χ3n) is 5.66. The van der Waals surface area contributed by atoms with Crippen LogP contribution in [0.3, 0.4) is 0 Å². The Morgan fingerprint density at radius 2 is 1.31 bits per heavy atom. The molecular formula is C31H28O4. The van der Waals surface area contributed by atoms with Gasteiger partial charge in [0.25, 0.3) is 0 Å². The van der Waals surface area contributed by atoms with Crippen molar-refractivity contribution in [3.05, 3.63) is 137 Å². The summed E-state index contributed by atoms with van der Waals surface area (Å²) >= 11 is 0. The van der Waals surface area contributed by atoms with Crippen molar-refractivity contribution in [2.75, 3.05) is 6.61 Å². The molecule has 0 bridgehead atoms. The number of Topliss-reactive ketones (excluding diaryl/α,β-unsaturated/α-hetero) is 1. The Balaban J connectivity index is 1.41. The van der Waals surface area contributed by atoms with Gasteiger partial charge in [0, 0.05) is 12.0 Å². The fourth-order valence-electron chi connectivity index (χ4n) is 3.81. The molecule has 0 saturated carbocycles. The molecule has 0 saturated heterocycles. The van der Waals surface area contributed by atoms with Crippen LogP contribution in [0.25, 0.3) is 0 Å². The first kappa shape index (κ1) is 24.0. The highest BCUT2D eigenvalue weighted by Crippen LogP contribution is 2.23. The van der Waals surface area contributed by atoms with E-state index in [9.17, 15) is 9.59 Å². The summed E-state index contributed by atoms with van der Waals surface area (Å²) in [5, 5.41) is 0. The molecule has 0 spiro atoms. The highest BCUT2D eigenvalue weighted by atomic mass is 16.5. The second kappa shape index (κ2) is 12.3. The van der Waals surface area contributed by atoms with E-state index in [1.807, 2.05) is 97.1 Å². The fourth-order valence-corrected chi connectivity index (χ4v) is 3.81. The van der Waals surface area contributed by atoms with Gasteiger partial charge in [0.1, 0.15) is 12.4 Å². The van der Waals surface area contributed by atoms with Crippen molar-refractivity contribution in [3.63, 3.8) is 0 Å². The lowest BCUT2D eigenvalue weighted by atomic mass is 9.99. The number of carbonyl (C=O) groups is 2. The molecule has 0 unspecified atom stereocenters. The summed E-state index contributed by atoms with van der Waals surface area (Å²) in [6.07, 6.45) is 1.62. The van der Waals surface area contributed by atoms with E-state index in [2.05, 4.69) is 0 Å². The number of ether oxygens (including phenoxy) is 2. The first-order chi connectivity index (χ1) is 17.2. The van der Waals surface area contributed by atoms with E-state index in [-0.39, 0.29) is 18.4 Å². The lowest BCUT2D eigenvalue weighted by Crippen LogP contribution is -2.10. The Morgan fingerprint density at radius 1 is 0.686 bits per heavy atom. The van der Waals surface area contributed by atoms with Crippen LogP contribution >= 0.6 is 0 Å². The van der Waals surface area contributed by atoms with Crippen molar-refractivity contribution in [1.82, 2.24) is 0 Å². The zero-order chi connectivity index (χ0) is 24.3. The quantitative estimate of drug-likeness (QED) is 0.141. The van der Waals surface area contributed by atoms with Gasteiger partial charge in [0.15, 0.2) is 5.78 Å². The van der Waals surface area contributed by atoms with Gasteiger partial charge in [-0.25, -0.2) is 4.79 Å². The van der Waals surface area contributed by atoms with Crippen LogP contribution in [-0.4, -0.2) is 18.4 Å². The van der Waals surface area contributed by atoms with E-state index in [1.165, 1.54) is 0 Å². The largest absolute Gasteiger partial charge is 0.494 e. The number of hydrogen-bond donors (Lipinski definition) is 0. The second-order valence-electron chi connectivity index (χ2n) is 8.28. The van der Waals surface area contributed by atoms with Crippen molar-refractivity contribution in [1.29, 1.82) is 0 Å². The van der Waals surface area contributed by atoms with Gasteiger partial charge in [-0.1, -0.05) is 91.0 Å². The van der Waals surface area contributed by atoms with Crippen LogP contribution in [0.15, 0.2) is 109 Å². The zero-order valence-electron chi connectivity index (χ0n) is 19.6. The van der Waals surface area contributed by atoms with Crippen molar-refractivity contribution >= 4 is 11.8 Å². The van der Waals surface area contributed by atoms with Crippen LogP contribution in [0.2, 0.25) is 0 Å². The Kier molecular flexibility index (Phi) is 8.44. The monoisotopic (exact) mass is 464 g/mol. The molecule has 35 heavy (non-hydrogen) atoms. The van der Waals surface area contributed by atoms with Gasteiger partial charge >= 0.3 is 5.97 Å². The first-order valence-electron chi connectivity index (χ1n) is 11.8.